The summed E-state index contributed by atoms with van der Waals surface area (Å²) in [5.41, 5.74) is 0. The van der Waals surface area contributed by atoms with Crippen molar-refractivity contribution in [3.63, 3.8) is 0 Å². The van der Waals surface area contributed by atoms with Crippen LogP contribution < -0.4 is 6.25 Å². The average Bonchev–Trinajstić information content (AvgIpc) is 2.79. The minimum atomic E-state index is -2.30. The van der Waals surface area contributed by atoms with Gasteiger partial charge in [-0.15, -0.1) is 0 Å². The molecule has 0 aromatic heterocycles. The summed E-state index contributed by atoms with van der Waals surface area (Å²) in [5, 5.41) is 0. The molecule has 0 bridgehead atoms. The van der Waals surface area contributed by atoms with Crippen molar-refractivity contribution in [1.29, 1.82) is 0 Å². The molecule has 0 atom stereocenters. The van der Waals surface area contributed by atoms with E-state index in [1.54, 1.807) is 12.8 Å². The third kappa shape index (κ3) is 6.29. The van der Waals surface area contributed by atoms with Crippen LogP contribution in [0, 0.1) is 0 Å². The summed E-state index contributed by atoms with van der Waals surface area (Å²) in [7, 11) is -5.95. The minimum absolute atomic E-state index is 0.672. The fourth-order valence-corrected chi connectivity index (χ4v) is 104. The van der Waals surface area contributed by atoms with Crippen LogP contribution in [0.4, 0.5) is 0 Å². The van der Waals surface area contributed by atoms with Gasteiger partial charge in [0, 0.05) is 0 Å². The van der Waals surface area contributed by atoms with E-state index in [2.05, 4.69) is 151 Å². The molecular formula is C32H56Pb2Si4. The third-order valence-corrected chi connectivity index (χ3v) is 98.9. The molecule has 0 saturated heterocycles. The molecule has 0 unspecified atom stereocenters. The number of hydrogen-bond acceptors (Lipinski definition) is 0. The molecule has 0 nitrogen and oxygen atoms in total. The average molecular weight is 968 g/mol. The summed E-state index contributed by atoms with van der Waals surface area (Å²) < 4.78 is 7.86. The SMILES string of the molecule is C[Si](C)(C)[C]1([Si](C)(C)C)CC[C]([Si](C)(C)C)([Si](C)(C)C)[Pb]([c]2ccccc2)[CH2]/C=C\[CH2][Pb]1[c]1ccccc1. The van der Waals surface area contributed by atoms with Crippen molar-refractivity contribution < 1.29 is 0 Å². The predicted molar refractivity (Wildman–Crippen MR) is 190 cm³/mol. The molecule has 3 rings (SSSR count). The topological polar surface area (TPSA) is 0 Å². The quantitative estimate of drug-likeness (QED) is 0.200. The van der Waals surface area contributed by atoms with E-state index in [9.17, 15) is 0 Å². The Labute approximate surface area is 257 Å². The zero-order valence-electron chi connectivity index (χ0n) is 26.8. The van der Waals surface area contributed by atoms with E-state index < -0.39 is 77.7 Å². The van der Waals surface area contributed by atoms with Crippen molar-refractivity contribution in [1.82, 2.24) is 0 Å². The molecule has 208 valence electrons. The van der Waals surface area contributed by atoms with Crippen molar-refractivity contribution in [2.75, 3.05) is 0 Å². The first kappa shape index (κ1) is 33.4. The Morgan fingerprint density at radius 1 is 0.447 bits per heavy atom. The van der Waals surface area contributed by atoms with E-state index in [-0.39, 0.29) is 0 Å². The summed E-state index contributed by atoms with van der Waals surface area (Å²) >= 11 is -4.60. The monoisotopic (exact) mass is 968 g/mol. The van der Waals surface area contributed by atoms with Gasteiger partial charge in [0.1, 0.15) is 0 Å². The zero-order valence-corrected chi connectivity index (χ0v) is 38.5. The summed E-state index contributed by atoms with van der Waals surface area (Å²) in [6, 6.07) is 24.2. The molecule has 2 aromatic carbocycles. The van der Waals surface area contributed by atoms with Gasteiger partial charge in [-0.05, 0) is 0 Å². The van der Waals surface area contributed by atoms with Gasteiger partial charge in [0.15, 0.2) is 0 Å². The molecule has 0 saturated carbocycles. The number of benzene rings is 2. The second-order valence-corrected chi connectivity index (χ2v) is 67.8. The Hall–Kier alpha value is 0.892. The summed E-state index contributed by atoms with van der Waals surface area (Å²) in [6.45, 7) is 33.5. The van der Waals surface area contributed by atoms with Gasteiger partial charge in [-0.3, -0.25) is 0 Å². The van der Waals surface area contributed by atoms with Crippen LogP contribution in [0.25, 0.3) is 0 Å². The Morgan fingerprint density at radius 2 is 0.711 bits per heavy atom. The van der Waals surface area contributed by atoms with Crippen LogP contribution in [0.2, 0.25) is 91.0 Å². The third-order valence-electron chi connectivity index (χ3n) is 10.1. The first-order valence-corrected chi connectivity index (χ1v) is 42.2. The van der Waals surface area contributed by atoms with Crippen molar-refractivity contribution in [2.45, 2.75) is 104 Å². The molecular weight excluding hydrogens is 911 g/mol. The Kier molecular flexibility index (Phi) is 10.8. The van der Waals surface area contributed by atoms with E-state index in [1.807, 2.05) is 6.25 Å². The molecule has 0 aliphatic carbocycles. The van der Waals surface area contributed by atoms with Gasteiger partial charge >= 0.3 is 261 Å². The molecule has 2 radical (unpaired) electrons. The molecule has 0 spiro atoms. The second-order valence-electron chi connectivity index (χ2n) is 15.9. The Bertz CT molecular complexity index is 955. The van der Waals surface area contributed by atoms with E-state index in [1.165, 1.54) is 7.96 Å². The standard InChI is InChI=1S/C16H40Si4.2C6H5.C4H6.2Pb/c1-17(2,3)15(18(4,5)6)13-14-16(19(7,8)9)20(10,11)12;2*1-2-4-6-5-3-1;1-3-4-2;;/h13-14H2,1-12H3;2*1-5H;3-4H,1-2H2;;/b;;;4-3-;;. The molecule has 0 N–H and O–H groups in total. The predicted octanol–water partition coefficient (Wildman–Crippen LogP) is 9.13. The second kappa shape index (κ2) is 12.2. The molecule has 0 amide bonds. The maximum absolute atomic E-state index is 2.79. The zero-order chi connectivity index (χ0) is 28.6. The molecule has 2 aromatic rings. The van der Waals surface area contributed by atoms with Crippen LogP contribution in [0.15, 0.2) is 72.8 Å². The first-order chi connectivity index (χ1) is 17.4. The van der Waals surface area contributed by atoms with Gasteiger partial charge in [0.2, 0.25) is 0 Å². The Balaban J connectivity index is 2.40. The van der Waals surface area contributed by atoms with Crippen molar-refractivity contribution in [2.24, 2.45) is 0 Å². The van der Waals surface area contributed by atoms with E-state index in [4.69, 9.17) is 0 Å². The van der Waals surface area contributed by atoms with Gasteiger partial charge in [-0.1, -0.05) is 0 Å². The fourth-order valence-electron chi connectivity index (χ4n) is 9.00. The van der Waals surface area contributed by atoms with Crippen LogP contribution in [0.5, 0.6) is 0 Å². The van der Waals surface area contributed by atoms with Crippen LogP contribution in [0.1, 0.15) is 12.8 Å². The van der Waals surface area contributed by atoms with Crippen LogP contribution >= 0.6 is 0 Å². The number of allylic oxidation sites excluding steroid dienone is 2. The molecule has 38 heavy (non-hydrogen) atoms. The molecule has 1 heterocycles. The molecule has 1 aliphatic heterocycles. The molecule has 0 fully saturated rings. The van der Waals surface area contributed by atoms with Gasteiger partial charge in [-0.2, -0.15) is 0 Å². The van der Waals surface area contributed by atoms with Crippen LogP contribution in [0.3, 0.4) is 0 Å². The van der Waals surface area contributed by atoms with E-state index in [0.717, 1.165) is 0 Å². The Morgan fingerprint density at radius 3 is 0.947 bits per heavy atom. The molecule has 1 aliphatic rings. The van der Waals surface area contributed by atoms with Crippen molar-refractivity contribution in [3.05, 3.63) is 72.8 Å². The van der Waals surface area contributed by atoms with E-state index >= 15 is 0 Å². The number of hydrogen-bond donors (Lipinski definition) is 0. The van der Waals surface area contributed by atoms with Crippen molar-refractivity contribution >= 4 is 83.9 Å². The van der Waals surface area contributed by atoms with Gasteiger partial charge in [-0.25, -0.2) is 0 Å². The van der Waals surface area contributed by atoms with Gasteiger partial charge in [0.05, 0.1) is 0 Å². The fraction of sp³-hybridized carbons (Fsp3) is 0.562. The summed E-state index contributed by atoms with van der Waals surface area (Å²) in [6.07, 6.45) is 8.64. The first-order valence-electron chi connectivity index (χ1n) is 14.9. The maximum atomic E-state index is 2.79. The summed E-state index contributed by atoms with van der Waals surface area (Å²) in [4.78, 5) is 0. The normalized spacial score (nSPS) is 21.2. The van der Waals surface area contributed by atoms with Crippen LogP contribution in [-0.2, 0) is 0 Å². The molecule has 6 heteroatoms. The van der Waals surface area contributed by atoms with Crippen LogP contribution in [-0.4, -0.2) is 77.7 Å². The summed E-state index contributed by atoms with van der Waals surface area (Å²) in [5.74, 6) is 0. The van der Waals surface area contributed by atoms with Gasteiger partial charge < -0.3 is 0 Å². The van der Waals surface area contributed by atoms with E-state index in [0.29, 0.717) is 4.44 Å². The van der Waals surface area contributed by atoms with Gasteiger partial charge in [0.25, 0.3) is 0 Å². The van der Waals surface area contributed by atoms with Crippen molar-refractivity contribution in [3.8, 4) is 0 Å². The number of rotatable bonds is 6.